The molecule has 1 aromatic carbocycles. The van der Waals surface area contributed by atoms with Crippen LogP contribution in [0.25, 0.3) is 5.78 Å². The molecule has 0 unspecified atom stereocenters. The van der Waals surface area contributed by atoms with Gasteiger partial charge in [-0.2, -0.15) is 14.6 Å². The number of fused-ring (bicyclic) bond motifs is 1. The molecule has 4 rings (SSSR count). The van der Waals surface area contributed by atoms with E-state index in [9.17, 15) is 13.6 Å². The second kappa shape index (κ2) is 9.36. The first-order chi connectivity index (χ1) is 15.0. The van der Waals surface area contributed by atoms with Crippen molar-refractivity contribution in [3.63, 3.8) is 0 Å². The highest BCUT2D eigenvalue weighted by molar-refractivity contribution is 5.76. The quantitative estimate of drug-likeness (QED) is 0.571. The predicted molar refractivity (Wildman–Crippen MR) is 110 cm³/mol. The van der Waals surface area contributed by atoms with Gasteiger partial charge in [0.2, 0.25) is 5.91 Å². The number of aryl methyl sites for hydroxylation is 1. The molecule has 0 saturated carbocycles. The van der Waals surface area contributed by atoms with Crippen molar-refractivity contribution >= 4 is 11.7 Å². The van der Waals surface area contributed by atoms with Crippen molar-refractivity contribution in [2.24, 2.45) is 0 Å². The Bertz CT molecular complexity index is 1040. The van der Waals surface area contributed by atoms with Crippen LogP contribution in [0.5, 0.6) is 5.75 Å². The lowest BCUT2D eigenvalue weighted by atomic mass is 9.93. The maximum absolute atomic E-state index is 13.5. The van der Waals surface area contributed by atoms with Crippen LogP contribution in [0.2, 0.25) is 0 Å². The third kappa shape index (κ3) is 4.81. The van der Waals surface area contributed by atoms with Crippen LogP contribution in [0.4, 0.5) is 8.78 Å². The molecule has 9 heteroatoms. The number of halogens is 2. The lowest BCUT2D eigenvalue weighted by Crippen LogP contribution is -2.39. The molecule has 0 spiro atoms. The third-order valence-electron chi connectivity index (χ3n) is 5.58. The number of amides is 1. The maximum atomic E-state index is 13.5. The highest BCUT2D eigenvalue weighted by atomic mass is 19.3. The number of hydrogen-bond acceptors (Lipinski definition) is 5. The summed E-state index contributed by atoms with van der Waals surface area (Å²) in [5.41, 5.74) is 1.39. The normalized spacial score (nSPS) is 16.8. The first-order valence-corrected chi connectivity index (χ1v) is 10.5. The number of ether oxygens (including phenoxy) is 1. The summed E-state index contributed by atoms with van der Waals surface area (Å²) in [6, 6.07) is 9.16. The van der Waals surface area contributed by atoms with E-state index in [2.05, 4.69) is 15.1 Å². The van der Waals surface area contributed by atoms with Crippen LogP contribution in [0.1, 0.15) is 55.5 Å². The molecule has 0 N–H and O–H groups in total. The number of hydrogen-bond donors (Lipinski definition) is 0. The molecular formula is C22H25F2N5O2. The summed E-state index contributed by atoms with van der Waals surface area (Å²) in [7, 11) is 0. The fourth-order valence-electron chi connectivity index (χ4n) is 3.99. The second-order valence-electron chi connectivity index (χ2n) is 7.63. The van der Waals surface area contributed by atoms with Crippen LogP contribution < -0.4 is 4.74 Å². The fourth-order valence-corrected chi connectivity index (χ4v) is 3.99. The lowest BCUT2D eigenvalue weighted by molar-refractivity contribution is -0.132. The number of alkyl halides is 2. The predicted octanol–water partition coefficient (Wildman–Crippen LogP) is 3.80. The van der Waals surface area contributed by atoms with E-state index in [0.29, 0.717) is 38.2 Å². The second-order valence-corrected chi connectivity index (χ2v) is 7.63. The van der Waals surface area contributed by atoms with Gasteiger partial charge in [-0.3, -0.25) is 4.79 Å². The summed E-state index contributed by atoms with van der Waals surface area (Å²) in [6.07, 6.45) is 1.19. The molecule has 1 aliphatic rings. The van der Waals surface area contributed by atoms with Crippen LogP contribution in [0.15, 0.2) is 36.7 Å². The Hall–Kier alpha value is -3.10. The standard InChI is InChI=1S/C22H25F2N5O2/c1-2-31-17-8-5-15(6-9-17)7-10-20(30)28-11-3-4-16(13-28)18-12-19(21(23)24)29-22(27-18)25-14-26-29/h5-6,8-9,12,14,16,21H,2-4,7,10-11,13H2,1H3/t16-/m1/s1. The fraction of sp³-hybridized carbons (Fsp3) is 0.455. The van der Waals surface area contributed by atoms with Gasteiger partial charge in [0.25, 0.3) is 12.2 Å². The molecule has 3 heterocycles. The first kappa shape index (κ1) is 21.1. The zero-order chi connectivity index (χ0) is 21.8. The van der Waals surface area contributed by atoms with Gasteiger partial charge in [0.05, 0.1) is 12.3 Å². The van der Waals surface area contributed by atoms with Crippen LogP contribution in [0.3, 0.4) is 0 Å². The van der Waals surface area contributed by atoms with Crippen molar-refractivity contribution in [2.75, 3.05) is 19.7 Å². The van der Waals surface area contributed by atoms with Gasteiger partial charge in [-0.15, -0.1) is 0 Å². The van der Waals surface area contributed by atoms with Gasteiger partial charge in [-0.05, 0) is 49.9 Å². The molecule has 0 radical (unpaired) electrons. The van der Waals surface area contributed by atoms with Gasteiger partial charge in [-0.25, -0.2) is 13.8 Å². The molecule has 1 atom stereocenters. The Kier molecular flexibility index (Phi) is 6.39. The highest BCUT2D eigenvalue weighted by Crippen LogP contribution is 2.29. The Balaban J connectivity index is 1.41. The molecule has 1 aliphatic heterocycles. The molecule has 164 valence electrons. The highest BCUT2D eigenvalue weighted by Gasteiger charge is 2.27. The molecular weight excluding hydrogens is 404 g/mol. The van der Waals surface area contributed by atoms with Crippen molar-refractivity contribution in [3.05, 3.63) is 53.6 Å². The van der Waals surface area contributed by atoms with E-state index in [1.807, 2.05) is 36.1 Å². The van der Waals surface area contributed by atoms with Gasteiger partial charge in [0, 0.05) is 25.4 Å². The van der Waals surface area contributed by atoms with Crippen molar-refractivity contribution in [3.8, 4) is 5.75 Å². The topological polar surface area (TPSA) is 72.6 Å². The van der Waals surface area contributed by atoms with Crippen molar-refractivity contribution in [1.29, 1.82) is 0 Å². The van der Waals surface area contributed by atoms with Gasteiger partial charge < -0.3 is 9.64 Å². The first-order valence-electron chi connectivity index (χ1n) is 10.5. The SMILES string of the molecule is CCOc1ccc(CCC(=O)N2CCC[C@@H](c3cc(C(F)F)n4ncnc4n3)C2)cc1. The Morgan fingerprint density at radius 1 is 1.29 bits per heavy atom. The van der Waals surface area contributed by atoms with E-state index in [0.717, 1.165) is 28.7 Å². The molecule has 7 nitrogen and oxygen atoms in total. The summed E-state index contributed by atoms with van der Waals surface area (Å²) >= 11 is 0. The van der Waals surface area contributed by atoms with E-state index < -0.39 is 6.43 Å². The molecule has 2 aromatic heterocycles. The van der Waals surface area contributed by atoms with Gasteiger partial charge in [0.15, 0.2) is 0 Å². The minimum atomic E-state index is -2.68. The number of piperidine rings is 1. The van der Waals surface area contributed by atoms with Crippen LogP contribution in [0, 0.1) is 0 Å². The van der Waals surface area contributed by atoms with Gasteiger partial charge in [0.1, 0.15) is 17.8 Å². The molecule has 1 fully saturated rings. The number of likely N-dealkylation sites (tertiary alicyclic amines) is 1. The molecule has 3 aromatic rings. The smallest absolute Gasteiger partial charge is 0.280 e. The van der Waals surface area contributed by atoms with Crippen molar-refractivity contribution < 1.29 is 18.3 Å². The molecule has 0 aliphatic carbocycles. The number of carbonyl (C=O) groups excluding carboxylic acids is 1. The van der Waals surface area contributed by atoms with E-state index in [1.54, 1.807) is 0 Å². The zero-order valence-electron chi connectivity index (χ0n) is 17.4. The average Bonchev–Trinajstić information content (AvgIpc) is 3.26. The maximum Gasteiger partial charge on any atom is 0.280 e. The summed E-state index contributed by atoms with van der Waals surface area (Å²) in [5, 5.41) is 3.83. The van der Waals surface area contributed by atoms with Crippen molar-refractivity contribution in [2.45, 2.75) is 45.0 Å². The van der Waals surface area contributed by atoms with Crippen LogP contribution >= 0.6 is 0 Å². The van der Waals surface area contributed by atoms with E-state index in [4.69, 9.17) is 4.74 Å². The van der Waals surface area contributed by atoms with E-state index >= 15 is 0 Å². The van der Waals surface area contributed by atoms with E-state index in [1.165, 1.54) is 12.4 Å². The van der Waals surface area contributed by atoms with Crippen LogP contribution in [-0.4, -0.2) is 50.1 Å². The molecule has 1 amide bonds. The van der Waals surface area contributed by atoms with Crippen molar-refractivity contribution in [1.82, 2.24) is 24.5 Å². The molecule has 0 bridgehead atoms. The lowest BCUT2D eigenvalue weighted by Gasteiger charge is -2.32. The average molecular weight is 429 g/mol. The van der Waals surface area contributed by atoms with Gasteiger partial charge >= 0.3 is 0 Å². The van der Waals surface area contributed by atoms with Crippen LogP contribution in [-0.2, 0) is 11.2 Å². The minimum Gasteiger partial charge on any atom is -0.494 e. The summed E-state index contributed by atoms with van der Waals surface area (Å²) in [6.45, 7) is 3.70. The Morgan fingerprint density at radius 3 is 2.84 bits per heavy atom. The largest absolute Gasteiger partial charge is 0.494 e. The summed E-state index contributed by atoms with van der Waals surface area (Å²) in [5.74, 6) is 0.946. The Labute approximate surface area is 179 Å². The number of benzene rings is 1. The Morgan fingerprint density at radius 2 is 2.10 bits per heavy atom. The van der Waals surface area contributed by atoms with Gasteiger partial charge in [-0.1, -0.05) is 12.1 Å². The van der Waals surface area contributed by atoms with E-state index in [-0.39, 0.29) is 23.3 Å². The number of carbonyl (C=O) groups is 1. The zero-order valence-corrected chi connectivity index (χ0v) is 17.4. The summed E-state index contributed by atoms with van der Waals surface area (Å²) in [4.78, 5) is 23.0. The number of rotatable bonds is 7. The monoisotopic (exact) mass is 429 g/mol. The summed E-state index contributed by atoms with van der Waals surface area (Å²) < 4.78 is 33.4. The third-order valence-corrected chi connectivity index (χ3v) is 5.58. The molecule has 1 saturated heterocycles. The number of nitrogens with zero attached hydrogens (tertiary/aromatic N) is 5. The number of aromatic nitrogens is 4. The minimum absolute atomic E-state index is 0.0659. The molecule has 31 heavy (non-hydrogen) atoms.